The smallest absolute Gasteiger partial charge is 0.331 e. The Balaban J connectivity index is 0.000000202. The zero-order valence-electron chi connectivity index (χ0n) is 28.2. The number of hydrogen-bond donors (Lipinski definition) is 5. The number of amides is 2. The van der Waals surface area contributed by atoms with Crippen molar-refractivity contribution in [1.29, 1.82) is 0 Å². The summed E-state index contributed by atoms with van der Waals surface area (Å²) in [5, 5.41) is 26.7. The Kier molecular flexibility index (Phi) is 11.5. The summed E-state index contributed by atoms with van der Waals surface area (Å²) in [5.74, 6) is -0.304. The Morgan fingerprint density at radius 2 is 1.66 bits per heavy atom. The number of likely N-dealkylation sites (tertiary alicyclic amines) is 1. The lowest BCUT2D eigenvalue weighted by atomic mass is 9.90. The van der Waals surface area contributed by atoms with Crippen LogP contribution in [0.3, 0.4) is 0 Å². The highest BCUT2D eigenvalue weighted by Crippen LogP contribution is 2.36. The van der Waals surface area contributed by atoms with E-state index in [1.165, 1.54) is 5.56 Å². The fraction of sp³-hybridized carbons (Fsp3) is 0.432. The van der Waals surface area contributed by atoms with E-state index < -0.39 is 11.5 Å². The predicted octanol–water partition coefficient (Wildman–Crippen LogP) is 5.92. The number of fused-ring (bicyclic) bond motifs is 2. The zero-order chi connectivity index (χ0) is 35.4. The molecule has 1 atom stereocenters. The quantitative estimate of drug-likeness (QED) is 0.155. The van der Waals surface area contributed by atoms with Crippen LogP contribution >= 0.6 is 31.9 Å². The maximum absolute atomic E-state index is 12.6. The highest BCUT2D eigenvalue weighted by atomic mass is 79.9. The van der Waals surface area contributed by atoms with Gasteiger partial charge in [0.1, 0.15) is 11.6 Å². The van der Waals surface area contributed by atoms with E-state index in [2.05, 4.69) is 60.5 Å². The van der Waals surface area contributed by atoms with Gasteiger partial charge in [-0.15, -0.1) is 0 Å². The molecule has 266 valence electrons. The second-order valence-electron chi connectivity index (χ2n) is 13.7. The van der Waals surface area contributed by atoms with Crippen LogP contribution in [0, 0.1) is 5.92 Å². The number of carboxylic acid groups (broad SMARTS) is 1. The molecular weight excluding hydrogens is 766 g/mol. The fourth-order valence-corrected chi connectivity index (χ4v) is 8.53. The summed E-state index contributed by atoms with van der Waals surface area (Å²) >= 11 is 6.64. The molecule has 50 heavy (non-hydrogen) atoms. The van der Waals surface area contributed by atoms with Gasteiger partial charge in [-0.1, -0.05) is 30.3 Å². The molecule has 0 aliphatic carbocycles. The van der Waals surface area contributed by atoms with Crippen LogP contribution in [0.25, 0.3) is 11.0 Å². The maximum Gasteiger partial charge on any atom is 0.331 e. The van der Waals surface area contributed by atoms with Gasteiger partial charge in [-0.2, -0.15) is 0 Å². The Morgan fingerprint density at radius 3 is 2.36 bits per heavy atom. The predicted molar refractivity (Wildman–Crippen MR) is 202 cm³/mol. The van der Waals surface area contributed by atoms with E-state index in [0.29, 0.717) is 38.8 Å². The molecule has 7 rings (SSSR count). The number of nitrogens with zero attached hydrogens (tertiary/aromatic N) is 4. The Labute approximate surface area is 309 Å². The average molecular weight is 812 g/mol. The summed E-state index contributed by atoms with van der Waals surface area (Å²) in [6, 6.07) is 19.6. The molecule has 13 heteroatoms. The van der Waals surface area contributed by atoms with Crippen molar-refractivity contribution in [2.75, 3.05) is 45.1 Å². The summed E-state index contributed by atoms with van der Waals surface area (Å²) < 4.78 is 2.94. The number of aromatic hydroxyl groups is 1. The summed E-state index contributed by atoms with van der Waals surface area (Å²) in [7, 11) is 2.12. The largest absolute Gasteiger partial charge is 0.506 e. The zero-order valence-corrected chi connectivity index (χ0v) is 31.4. The molecule has 2 amide bonds. The van der Waals surface area contributed by atoms with Crippen molar-refractivity contribution in [3.05, 3.63) is 86.6 Å². The van der Waals surface area contributed by atoms with Crippen molar-refractivity contribution in [2.45, 2.75) is 56.7 Å². The van der Waals surface area contributed by atoms with Gasteiger partial charge >= 0.3 is 12.0 Å². The second kappa shape index (κ2) is 15.8. The van der Waals surface area contributed by atoms with Gasteiger partial charge in [-0.05, 0) is 145 Å². The second-order valence-corrected chi connectivity index (χ2v) is 15.4. The number of rotatable bonds is 7. The van der Waals surface area contributed by atoms with Crippen LogP contribution in [-0.4, -0.2) is 87.4 Å². The molecule has 4 aromatic rings. The lowest BCUT2D eigenvalue weighted by Crippen LogP contribution is -2.49. The minimum absolute atomic E-state index is 0.0243. The number of imidazole rings is 1. The number of benzene rings is 3. The molecule has 0 spiro atoms. The summed E-state index contributed by atoms with van der Waals surface area (Å²) in [4.78, 5) is 33.9. The van der Waals surface area contributed by atoms with Crippen molar-refractivity contribution in [3.63, 3.8) is 0 Å². The highest BCUT2D eigenvalue weighted by Gasteiger charge is 2.42. The van der Waals surface area contributed by atoms with Crippen LogP contribution < -0.4 is 16.4 Å². The number of halogens is 2. The molecule has 3 aliphatic heterocycles. The first kappa shape index (κ1) is 36.3. The standard InChI is InChI=1S/C23H26Br2N4O3.C14H19N3O/c1-28-8-6-14(7-9-28)13-29-19-5-3-2-4-18(19)27-21(29)23(26,22(31)32)12-15-10-16(24)20(30)17(25)11-15;18-14-16-13-4-2-1-3-11(13)7-10-17(14)12-5-8-15-9-6-12/h2-5,10-11,14,30H,6-9,12-13,26H2,1H3,(H,31,32);1-4,12,15H,5-10H2,(H,16,18)/t23-;/m1./s1. The Morgan fingerprint density at radius 1 is 1.00 bits per heavy atom. The molecule has 1 aromatic heterocycles. The van der Waals surface area contributed by atoms with Crippen LogP contribution in [-0.2, 0) is 29.7 Å². The lowest BCUT2D eigenvalue weighted by Gasteiger charge is -2.33. The minimum Gasteiger partial charge on any atom is -0.506 e. The SMILES string of the molecule is CN1CCC(Cn2c([C@](N)(Cc3cc(Br)c(O)c(Br)c3)C(=O)O)nc3ccccc32)CC1.O=C1Nc2ccccc2CCN1C1CCNCC1. The molecule has 11 nitrogen and oxygen atoms in total. The number of nitrogens with two attached hydrogens (primary N) is 1. The first-order chi connectivity index (χ1) is 24.0. The number of hydrogen-bond acceptors (Lipinski definition) is 7. The summed E-state index contributed by atoms with van der Waals surface area (Å²) in [5.41, 5.74) is 9.41. The number of anilines is 1. The molecule has 0 saturated carbocycles. The third kappa shape index (κ3) is 8.02. The van der Waals surface area contributed by atoms with E-state index in [-0.39, 0.29) is 18.2 Å². The van der Waals surface area contributed by atoms with Gasteiger partial charge in [-0.25, -0.2) is 14.6 Å². The van der Waals surface area contributed by atoms with E-state index in [0.717, 1.165) is 81.5 Å². The van der Waals surface area contributed by atoms with Gasteiger partial charge in [0, 0.05) is 31.2 Å². The third-order valence-electron chi connectivity index (χ3n) is 10.2. The number of carbonyl (C=O) groups excluding carboxylic acids is 1. The van der Waals surface area contributed by atoms with Crippen LogP contribution in [0.1, 0.15) is 42.6 Å². The number of nitrogens with one attached hydrogen (secondary N) is 2. The molecule has 3 aliphatic rings. The van der Waals surface area contributed by atoms with E-state index in [1.807, 2.05) is 51.9 Å². The third-order valence-corrected chi connectivity index (χ3v) is 11.4. The lowest BCUT2D eigenvalue weighted by molar-refractivity contribution is -0.144. The first-order valence-corrected chi connectivity index (χ1v) is 18.8. The fourth-order valence-electron chi connectivity index (χ4n) is 7.25. The van der Waals surface area contributed by atoms with Crippen molar-refractivity contribution >= 4 is 60.6 Å². The van der Waals surface area contributed by atoms with Gasteiger partial charge in [0.15, 0.2) is 5.54 Å². The van der Waals surface area contributed by atoms with E-state index in [1.54, 1.807) is 12.1 Å². The van der Waals surface area contributed by atoms with Crippen LogP contribution in [0.2, 0.25) is 0 Å². The van der Waals surface area contributed by atoms with Crippen molar-refractivity contribution < 1.29 is 19.8 Å². The first-order valence-electron chi connectivity index (χ1n) is 17.2. The average Bonchev–Trinajstić information content (AvgIpc) is 3.38. The molecule has 6 N–H and O–H groups in total. The van der Waals surface area contributed by atoms with Crippen molar-refractivity contribution in [3.8, 4) is 5.75 Å². The van der Waals surface area contributed by atoms with E-state index >= 15 is 0 Å². The number of carbonyl (C=O) groups is 2. The molecule has 0 bridgehead atoms. The van der Waals surface area contributed by atoms with Gasteiger partial charge < -0.3 is 40.9 Å². The number of phenols is 1. The normalized spacial score (nSPS) is 18.8. The molecule has 4 heterocycles. The molecule has 2 fully saturated rings. The van der Waals surface area contributed by atoms with E-state index in [4.69, 9.17) is 10.7 Å². The maximum atomic E-state index is 12.6. The number of aromatic nitrogens is 2. The topological polar surface area (TPSA) is 149 Å². The van der Waals surface area contributed by atoms with Gasteiger partial charge in [0.25, 0.3) is 0 Å². The number of para-hydroxylation sites is 3. The van der Waals surface area contributed by atoms with Crippen molar-refractivity contribution in [2.24, 2.45) is 11.7 Å². The Hall–Kier alpha value is -3.49. The molecule has 2 saturated heterocycles. The van der Waals surface area contributed by atoms with Gasteiger partial charge in [0.05, 0.1) is 20.0 Å². The number of aliphatic carboxylic acids is 1. The van der Waals surface area contributed by atoms with Crippen LogP contribution in [0.15, 0.2) is 69.6 Å². The molecular formula is C37H45Br2N7O4. The molecule has 0 unspecified atom stereocenters. The monoisotopic (exact) mass is 809 g/mol. The highest BCUT2D eigenvalue weighted by molar-refractivity contribution is 9.11. The van der Waals surface area contributed by atoms with E-state index in [9.17, 15) is 19.8 Å². The van der Waals surface area contributed by atoms with Gasteiger partial charge in [0.2, 0.25) is 0 Å². The number of piperidine rings is 2. The number of phenolic OH excluding ortho intramolecular Hbond substituents is 1. The van der Waals surface area contributed by atoms with Crippen LogP contribution in [0.5, 0.6) is 5.75 Å². The van der Waals surface area contributed by atoms with Gasteiger partial charge in [-0.3, -0.25) is 0 Å². The number of urea groups is 1. The molecule has 3 aromatic carbocycles. The van der Waals surface area contributed by atoms with Crippen LogP contribution in [0.4, 0.5) is 10.5 Å². The Bertz CT molecular complexity index is 1810. The number of carboxylic acids is 1. The molecule has 0 radical (unpaired) electrons. The summed E-state index contributed by atoms with van der Waals surface area (Å²) in [6.45, 7) is 5.58. The van der Waals surface area contributed by atoms with Crippen molar-refractivity contribution in [1.82, 2.24) is 24.7 Å². The minimum atomic E-state index is -1.74. The summed E-state index contributed by atoms with van der Waals surface area (Å²) in [6.07, 6.45) is 5.18.